The molecule has 0 unspecified atom stereocenters. The quantitative estimate of drug-likeness (QED) is 0.263. The highest BCUT2D eigenvalue weighted by Crippen LogP contribution is 2.44. The molecule has 1 atom stereocenters. The number of carbonyl (C=O) groups is 2. The zero-order valence-corrected chi connectivity index (χ0v) is 23.0. The Morgan fingerprint density at radius 3 is 2.24 bits per heavy atom. The van der Waals surface area contributed by atoms with Gasteiger partial charge in [-0.15, -0.1) is 0 Å². The van der Waals surface area contributed by atoms with E-state index in [0.29, 0.717) is 12.7 Å². The number of benzene rings is 3. The van der Waals surface area contributed by atoms with Crippen molar-refractivity contribution >= 4 is 12.1 Å². The van der Waals surface area contributed by atoms with Crippen LogP contribution in [0.15, 0.2) is 79.0 Å². The highest BCUT2D eigenvalue weighted by molar-refractivity contribution is 5.81. The lowest BCUT2D eigenvalue weighted by Gasteiger charge is -2.25. The molecule has 0 spiro atoms. The van der Waals surface area contributed by atoms with Gasteiger partial charge in [0.05, 0.1) is 18.4 Å². The van der Waals surface area contributed by atoms with E-state index in [0.717, 1.165) is 57.5 Å². The Balaban J connectivity index is 1.08. The number of aromatic nitrogens is 2. The van der Waals surface area contributed by atoms with Crippen LogP contribution < -0.4 is 5.32 Å². The zero-order chi connectivity index (χ0) is 28.3. The molecule has 1 aromatic heterocycles. The summed E-state index contributed by atoms with van der Waals surface area (Å²) in [5, 5.41) is 16.9. The molecule has 210 valence electrons. The van der Waals surface area contributed by atoms with E-state index in [9.17, 15) is 14.7 Å². The Bertz CT molecular complexity index is 1510. The number of ether oxygens (including phenoxy) is 2. The number of carboxylic acids is 1. The van der Waals surface area contributed by atoms with E-state index in [-0.39, 0.29) is 18.9 Å². The van der Waals surface area contributed by atoms with Crippen LogP contribution in [0, 0.1) is 0 Å². The lowest BCUT2D eigenvalue weighted by molar-refractivity contribution is -0.139. The number of fused-ring (bicyclic) bond motifs is 3. The van der Waals surface area contributed by atoms with Crippen molar-refractivity contribution in [3.8, 4) is 22.3 Å². The Morgan fingerprint density at radius 2 is 1.63 bits per heavy atom. The maximum atomic E-state index is 12.7. The molecule has 8 nitrogen and oxygen atoms in total. The molecule has 0 bridgehead atoms. The van der Waals surface area contributed by atoms with Gasteiger partial charge >= 0.3 is 12.1 Å². The van der Waals surface area contributed by atoms with Crippen LogP contribution in [0.2, 0.25) is 0 Å². The third-order valence-corrected chi connectivity index (χ3v) is 8.05. The smallest absolute Gasteiger partial charge is 0.407 e. The second-order valence-electron chi connectivity index (χ2n) is 10.8. The minimum absolute atomic E-state index is 0.0968. The van der Waals surface area contributed by atoms with Crippen LogP contribution in [0.25, 0.3) is 22.3 Å². The van der Waals surface area contributed by atoms with Gasteiger partial charge in [-0.25, -0.2) is 9.59 Å². The fourth-order valence-electron chi connectivity index (χ4n) is 5.65. The van der Waals surface area contributed by atoms with Gasteiger partial charge in [0.25, 0.3) is 0 Å². The summed E-state index contributed by atoms with van der Waals surface area (Å²) in [7, 11) is 1.89. The number of aryl methyl sites for hydroxylation is 1. The van der Waals surface area contributed by atoms with Crippen LogP contribution in [0.3, 0.4) is 0 Å². The third kappa shape index (κ3) is 5.74. The van der Waals surface area contributed by atoms with Gasteiger partial charge in [-0.1, -0.05) is 72.8 Å². The summed E-state index contributed by atoms with van der Waals surface area (Å²) in [6, 6.07) is 22.7. The fourth-order valence-corrected chi connectivity index (χ4v) is 5.65. The molecule has 1 amide bonds. The fraction of sp³-hybridized carbons (Fsp3) is 0.303. The Morgan fingerprint density at radius 1 is 0.976 bits per heavy atom. The number of nitrogens with one attached hydrogen (secondary N) is 1. The van der Waals surface area contributed by atoms with Gasteiger partial charge in [-0.2, -0.15) is 5.10 Å². The average molecular weight is 552 g/mol. The number of alkyl carbamates (subject to hydrolysis) is 1. The lowest BCUT2D eigenvalue weighted by Crippen LogP contribution is -2.42. The molecule has 2 aliphatic carbocycles. The number of hydrogen-bond acceptors (Lipinski definition) is 5. The number of rotatable bonds is 10. The summed E-state index contributed by atoms with van der Waals surface area (Å²) in [6.45, 7) is 0.590. The molecule has 0 aliphatic heterocycles. The van der Waals surface area contributed by atoms with Gasteiger partial charge in [0.2, 0.25) is 0 Å². The van der Waals surface area contributed by atoms with Crippen molar-refractivity contribution in [2.45, 2.75) is 50.4 Å². The maximum Gasteiger partial charge on any atom is 0.407 e. The molecule has 2 aliphatic rings. The van der Waals surface area contributed by atoms with E-state index in [1.807, 2.05) is 73.9 Å². The first-order valence-corrected chi connectivity index (χ1v) is 14.0. The van der Waals surface area contributed by atoms with Crippen LogP contribution in [0.5, 0.6) is 0 Å². The van der Waals surface area contributed by atoms with Crippen LogP contribution in [0.4, 0.5) is 4.79 Å². The number of hydrogen-bond donors (Lipinski definition) is 2. The van der Waals surface area contributed by atoms with Gasteiger partial charge in [0, 0.05) is 31.1 Å². The van der Waals surface area contributed by atoms with Gasteiger partial charge in [-0.05, 0) is 52.6 Å². The predicted octanol–water partition coefficient (Wildman–Crippen LogP) is 5.69. The van der Waals surface area contributed by atoms with Gasteiger partial charge in [-0.3, -0.25) is 4.68 Å². The lowest BCUT2D eigenvalue weighted by atomic mass is 9.96. The third-order valence-electron chi connectivity index (χ3n) is 8.05. The number of amides is 1. The van der Waals surface area contributed by atoms with E-state index >= 15 is 0 Å². The van der Waals surface area contributed by atoms with Crippen LogP contribution in [-0.2, 0) is 34.3 Å². The van der Waals surface area contributed by atoms with E-state index in [1.165, 1.54) is 6.42 Å². The Hall–Kier alpha value is -4.43. The first kappa shape index (κ1) is 26.8. The van der Waals surface area contributed by atoms with Crippen LogP contribution in [-0.4, -0.2) is 45.7 Å². The van der Waals surface area contributed by atoms with Gasteiger partial charge in [0.1, 0.15) is 12.6 Å². The van der Waals surface area contributed by atoms with Crippen molar-refractivity contribution in [1.82, 2.24) is 15.1 Å². The van der Waals surface area contributed by atoms with Crippen LogP contribution >= 0.6 is 0 Å². The van der Waals surface area contributed by atoms with Crippen molar-refractivity contribution in [1.29, 1.82) is 0 Å². The molecule has 0 saturated heterocycles. The average Bonchev–Trinajstić information content (AvgIpc) is 3.48. The SMILES string of the molecule is Cn1cc(-c2ccc(C[C@H](NC(=O)OCC3c4ccccc4-c4ccccc43)C(=O)O)cc2)c(COC2CCC2)n1. The maximum absolute atomic E-state index is 12.7. The van der Waals surface area contributed by atoms with Gasteiger partial charge < -0.3 is 19.9 Å². The summed E-state index contributed by atoms with van der Waals surface area (Å²) in [4.78, 5) is 24.7. The number of nitrogens with zero attached hydrogens (tertiary/aromatic N) is 2. The van der Waals surface area contributed by atoms with Gasteiger partial charge in [0.15, 0.2) is 0 Å². The Labute approximate surface area is 238 Å². The van der Waals surface area contributed by atoms with Crippen molar-refractivity contribution in [3.05, 3.63) is 101 Å². The largest absolute Gasteiger partial charge is 0.480 e. The topological polar surface area (TPSA) is 103 Å². The highest BCUT2D eigenvalue weighted by atomic mass is 16.5. The number of carbonyl (C=O) groups excluding carboxylic acids is 1. The number of carboxylic acid groups (broad SMARTS) is 1. The molecule has 2 N–H and O–H groups in total. The summed E-state index contributed by atoms with van der Waals surface area (Å²) >= 11 is 0. The molecule has 3 aromatic carbocycles. The molecule has 41 heavy (non-hydrogen) atoms. The second kappa shape index (κ2) is 11.6. The standard InChI is InChI=1S/C33H33N3O5/c1-36-18-28(31(35-36)20-40-23-7-6-8-23)22-15-13-21(14-16-22)17-30(32(37)38)34-33(39)41-19-29-26-11-4-2-9-24(26)25-10-3-5-12-27(25)29/h2-5,9-16,18,23,29-30H,6-8,17,19-20H2,1H3,(H,34,39)(H,37,38)/t30-/m0/s1. The molecule has 6 rings (SSSR count). The zero-order valence-electron chi connectivity index (χ0n) is 23.0. The van der Waals surface area contributed by atoms with E-state index in [4.69, 9.17) is 9.47 Å². The van der Waals surface area contributed by atoms with Crippen molar-refractivity contribution in [2.24, 2.45) is 7.05 Å². The molecule has 4 aromatic rings. The molecule has 8 heteroatoms. The minimum atomic E-state index is -1.12. The summed E-state index contributed by atoms with van der Waals surface area (Å²) in [5.41, 5.74) is 8.10. The van der Waals surface area contributed by atoms with E-state index < -0.39 is 18.1 Å². The molecule has 1 fully saturated rings. The minimum Gasteiger partial charge on any atom is -0.480 e. The Kier molecular flexibility index (Phi) is 7.57. The normalized spacial score (nSPS) is 15.0. The summed E-state index contributed by atoms with van der Waals surface area (Å²) < 4.78 is 13.3. The summed E-state index contributed by atoms with van der Waals surface area (Å²) in [6.07, 6.45) is 5.09. The molecule has 1 heterocycles. The van der Waals surface area contributed by atoms with Crippen LogP contribution in [0.1, 0.15) is 47.6 Å². The number of aliphatic carboxylic acids is 1. The van der Waals surface area contributed by atoms with Crippen molar-refractivity contribution in [2.75, 3.05) is 6.61 Å². The highest BCUT2D eigenvalue weighted by Gasteiger charge is 2.30. The van der Waals surface area contributed by atoms with Crippen molar-refractivity contribution in [3.63, 3.8) is 0 Å². The van der Waals surface area contributed by atoms with E-state index in [2.05, 4.69) is 22.5 Å². The van der Waals surface area contributed by atoms with Crippen molar-refractivity contribution < 1.29 is 24.2 Å². The first-order chi connectivity index (χ1) is 20.0. The summed E-state index contributed by atoms with van der Waals surface area (Å²) in [5.74, 6) is -1.22. The monoisotopic (exact) mass is 551 g/mol. The molecular formula is C33H33N3O5. The second-order valence-corrected chi connectivity index (χ2v) is 10.8. The molecule has 0 radical (unpaired) electrons. The molecular weight excluding hydrogens is 518 g/mol. The predicted molar refractivity (Wildman–Crippen MR) is 154 cm³/mol. The first-order valence-electron chi connectivity index (χ1n) is 14.0. The van der Waals surface area contributed by atoms with E-state index in [1.54, 1.807) is 4.68 Å². The molecule has 1 saturated carbocycles.